The van der Waals surface area contributed by atoms with Crippen LogP contribution in [0.5, 0.6) is 0 Å². The van der Waals surface area contributed by atoms with Gasteiger partial charge in [-0.3, -0.25) is 4.79 Å². The van der Waals surface area contributed by atoms with Crippen molar-refractivity contribution in [2.45, 2.75) is 20.8 Å². The number of hydrogen-bond acceptors (Lipinski definition) is 4. The van der Waals surface area contributed by atoms with E-state index in [9.17, 15) is 4.79 Å². The summed E-state index contributed by atoms with van der Waals surface area (Å²) in [5, 5.41) is 0. The molecule has 0 atom stereocenters. The van der Waals surface area contributed by atoms with E-state index in [1.54, 1.807) is 26.1 Å². The first-order valence-electron chi connectivity index (χ1n) is 4.95. The Morgan fingerprint density at radius 3 is 2.56 bits per heavy atom. The predicted octanol–water partition coefficient (Wildman–Crippen LogP) is 1.15. The highest BCUT2D eigenvalue weighted by atomic mass is 16.1. The van der Waals surface area contributed by atoms with E-state index in [2.05, 4.69) is 19.9 Å². The van der Waals surface area contributed by atoms with Gasteiger partial charge in [0.25, 0.3) is 5.56 Å². The Morgan fingerprint density at radius 2 is 1.94 bits per heavy atom. The summed E-state index contributed by atoms with van der Waals surface area (Å²) >= 11 is 0. The summed E-state index contributed by atoms with van der Waals surface area (Å²) in [6, 6.07) is 1.72. The molecule has 0 aromatic carbocycles. The fraction of sp³-hybridized carbons (Fsp3) is 0.273. The highest BCUT2D eigenvalue weighted by Gasteiger charge is 2.06. The Bertz CT molecular complexity index is 589. The molecule has 0 unspecified atom stereocenters. The number of H-pyrrole nitrogens is 1. The lowest BCUT2D eigenvalue weighted by Crippen LogP contribution is -2.14. The second-order valence-electron chi connectivity index (χ2n) is 3.61. The Hall–Kier alpha value is -2.04. The van der Waals surface area contributed by atoms with Crippen LogP contribution in [0.15, 0.2) is 17.1 Å². The fourth-order valence-electron chi connectivity index (χ4n) is 1.35. The molecule has 0 saturated carbocycles. The highest BCUT2D eigenvalue weighted by Crippen LogP contribution is 2.10. The molecule has 2 aromatic heterocycles. The van der Waals surface area contributed by atoms with Gasteiger partial charge in [0.1, 0.15) is 11.5 Å². The van der Waals surface area contributed by atoms with Gasteiger partial charge in [0.15, 0.2) is 5.82 Å². The average molecular weight is 216 g/mol. The minimum absolute atomic E-state index is 0.126. The topological polar surface area (TPSA) is 71.5 Å². The molecule has 5 heteroatoms. The third-order valence-corrected chi connectivity index (χ3v) is 2.41. The molecule has 1 N–H and O–H groups in total. The van der Waals surface area contributed by atoms with Crippen molar-refractivity contribution in [2.24, 2.45) is 0 Å². The van der Waals surface area contributed by atoms with Crippen LogP contribution in [0.2, 0.25) is 0 Å². The smallest absolute Gasteiger partial charge is 0.254 e. The van der Waals surface area contributed by atoms with E-state index >= 15 is 0 Å². The maximum absolute atomic E-state index is 11.6. The van der Waals surface area contributed by atoms with Crippen molar-refractivity contribution in [3.05, 3.63) is 39.7 Å². The summed E-state index contributed by atoms with van der Waals surface area (Å²) in [6.45, 7) is 5.35. The zero-order chi connectivity index (χ0) is 11.7. The summed E-state index contributed by atoms with van der Waals surface area (Å²) in [6.07, 6.45) is 1.65. The van der Waals surface area contributed by atoms with Gasteiger partial charge in [0, 0.05) is 17.5 Å². The van der Waals surface area contributed by atoms with E-state index in [0.29, 0.717) is 22.9 Å². The minimum atomic E-state index is -0.126. The number of nitrogens with one attached hydrogen (secondary N) is 1. The number of nitrogens with zero attached hydrogens (tertiary/aromatic N) is 3. The van der Waals surface area contributed by atoms with E-state index in [0.717, 1.165) is 5.69 Å². The molecule has 5 nitrogen and oxygen atoms in total. The number of aromatic nitrogens is 4. The Labute approximate surface area is 92.6 Å². The Balaban J connectivity index is 2.61. The summed E-state index contributed by atoms with van der Waals surface area (Å²) < 4.78 is 0. The quantitative estimate of drug-likeness (QED) is 0.776. The molecule has 0 amide bonds. The lowest BCUT2D eigenvalue weighted by atomic mass is 10.2. The molecule has 0 aliphatic carbocycles. The van der Waals surface area contributed by atoms with Crippen LogP contribution in [0.1, 0.15) is 17.1 Å². The van der Waals surface area contributed by atoms with E-state index in [-0.39, 0.29) is 5.56 Å². The van der Waals surface area contributed by atoms with E-state index < -0.39 is 0 Å². The Morgan fingerprint density at radius 1 is 1.19 bits per heavy atom. The van der Waals surface area contributed by atoms with Gasteiger partial charge in [0.2, 0.25) is 0 Å². The molecule has 0 aliphatic rings. The minimum Gasteiger partial charge on any atom is -0.305 e. The summed E-state index contributed by atoms with van der Waals surface area (Å²) in [5.41, 5.74) is 1.86. The molecule has 2 rings (SSSR count). The number of rotatable bonds is 1. The second-order valence-corrected chi connectivity index (χ2v) is 3.61. The number of aromatic amines is 1. The van der Waals surface area contributed by atoms with Crippen LogP contribution in [0, 0.1) is 20.8 Å². The van der Waals surface area contributed by atoms with Gasteiger partial charge >= 0.3 is 0 Å². The molecule has 0 saturated heterocycles. The van der Waals surface area contributed by atoms with Crippen molar-refractivity contribution in [1.82, 2.24) is 19.9 Å². The number of hydrogen-bond donors (Lipinski definition) is 1. The predicted molar refractivity (Wildman–Crippen MR) is 60.1 cm³/mol. The molecule has 0 aliphatic heterocycles. The molecule has 0 fully saturated rings. The summed E-state index contributed by atoms with van der Waals surface area (Å²) in [4.78, 5) is 26.8. The number of aryl methyl sites for hydroxylation is 2. The molecule has 0 bridgehead atoms. The normalized spacial score (nSPS) is 10.4. The third kappa shape index (κ3) is 1.84. The van der Waals surface area contributed by atoms with Crippen molar-refractivity contribution in [3.8, 4) is 11.5 Å². The summed E-state index contributed by atoms with van der Waals surface area (Å²) in [5.74, 6) is 1.14. The van der Waals surface area contributed by atoms with Gasteiger partial charge in [-0.1, -0.05) is 0 Å². The molecule has 0 radical (unpaired) electrons. The third-order valence-electron chi connectivity index (χ3n) is 2.41. The largest absolute Gasteiger partial charge is 0.305 e. The van der Waals surface area contributed by atoms with Crippen LogP contribution in [0.3, 0.4) is 0 Å². The van der Waals surface area contributed by atoms with Crippen molar-refractivity contribution in [2.75, 3.05) is 0 Å². The van der Waals surface area contributed by atoms with Crippen molar-refractivity contribution >= 4 is 0 Å². The first kappa shape index (κ1) is 10.5. The second kappa shape index (κ2) is 3.84. The van der Waals surface area contributed by atoms with Crippen LogP contribution in [-0.4, -0.2) is 19.9 Å². The first-order valence-corrected chi connectivity index (χ1v) is 4.95. The first-order chi connectivity index (χ1) is 7.58. The maximum atomic E-state index is 11.6. The fourth-order valence-corrected chi connectivity index (χ4v) is 1.35. The maximum Gasteiger partial charge on any atom is 0.254 e. The van der Waals surface area contributed by atoms with Crippen molar-refractivity contribution in [1.29, 1.82) is 0 Å². The average Bonchev–Trinajstić information content (AvgIpc) is 2.25. The molecule has 2 aromatic rings. The monoisotopic (exact) mass is 216 g/mol. The van der Waals surface area contributed by atoms with Gasteiger partial charge < -0.3 is 4.98 Å². The van der Waals surface area contributed by atoms with Crippen LogP contribution >= 0.6 is 0 Å². The van der Waals surface area contributed by atoms with Crippen LogP contribution in [0.4, 0.5) is 0 Å². The van der Waals surface area contributed by atoms with Gasteiger partial charge in [-0.25, -0.2) is 15.0 Å². The van der Waals surface area contributed by atoms with Crippen LogP contribution < -0.4 is 5.56 Å². The standard InChI is InChI=1S/C11H12N4O/c1-6-7(2)13-10(15-11(6)16)9-4-5-12-8(3)14-9/h4-5H,1-3H3,(H,13,15,16). The molecule has 82 valence electrons. The lowest BCUT2D eigenvalue weighted by Gasteiger charge is -2.03. The molecular weight excluding hydrogens is 204 g/mol. The van der Waals surface area contributed by atoms with E-state index in [1.165, 1.54) is 0 Å². The highest BCUT2D eigenvalue weighted by molar-refractivity contribution is 5.48. The zero-order valence-corrected chi connectivity index (χ0v) is 9.40. The summed E-state index contributed by atoms with van der Waals surface area (Å²) in [7, 11) is 0. The molecular formula is C11H12N4O. The van der Waals surface area contributed by atoms with Crippen molar-refractivity contribution < 1.29 is 0 Å². The van der Waals surface area contributed by atoms with Gasteiger partial charge in [-0.05, 0) is 26.8 Å². The SMILES string of the molecule is Cc1nccc(-c2nc(C)c(C)c(=O)[nH]2)n1. The van der Waals surface area contributed by atoms with E-state index in [1.807, 2.05) is 6.92 Å². The Kier molecular flexibility index (Phi) is 2.52. The molecule has 0 spiro atoms. The molecule has 16 heavy (non-hydrogen) atoms. The van der Waals surface area contributed by atoms with Gasteiger partial charge in [0.05, 0.1) is 0 Å². The zero-order valence-electron chi connectivity index (χ0n) is 9.40. The molecule has 2 heterocycles. The van der Waals surface area contributed by atoms with Gasteiger partial charge in [-0.15, -0.1) is 0 Å². The van der Waals surface area contributed by atoms with E-state index in [4.69, 9.17) is 0 Å². The van der Waals surface area contributed by atoms with Crippen LogP contribution in [0.25, 0.3) is 11.5 Å². The van der Waals surface area contributed by atoms with Crippen LogP contribution in [-0.2, 0) is 0 Å². The lowest BCUT2D eigenvalue weighted by molar-refractivity contribution is 0.991. The van der Waals surface area contributed by atoms with Crippen molar-refractivity contribution in [3.63, 3.8) is 0 Å². The van der Waals surface area contributed by atoms with Gasteiger partial charge in [-0.2, -0.15) is 0 Å².